The smallest absolute Gasteiger partial charge is 0.229 e. The zero-order valence-corrected chi connectivity index (χ0v) is 25.3. The minimum atomic E-state index is -0.542. The first-order valence-corrected chi connectivity index (χ1v) is 14.0. The van der Waals surface area contributed by atoms with Gasteiger partial charge in [0.15, 0.2) is 5.11 Å². The second-order valence-corrected chi connectivity index (χ2v) is 11.8. The Labute approximate surface area is 246 Å². The molecule has 2 N–H and O–H groups in total. The van der Waals surface area contributed by atoms with Crippen LogP contribution < -0.4 is 20.3 Å². The molecule has 0 unspecified atom stereocenters. The monoisotopic (exact) mass is 568 g/mol. The lowest BCUT2D eigenvalue weighted by Gasteiger charge is -2.29. The summed E-state index contributed by atoms with van der Waals surface area (Å²) >= 11 is 5.96. The number of ether oxygens (including phenoxy) is 1. The van der Waals surface area contributed by atoms with Gasteiger partial charge in [0.1, 0.15) is 11.6 Å². The number of benzene rings is 1. The van der Waals surface area contributed by atoms with Gasteiger partial charge >= 0.3 is 0 Å². The van der Waals surface area contributed by atoms with Crippen molar-refractivity contribution in [3.8, 4) is 11.6 Å². The van der Waals surface area contributed by atoms with E-state index in [1.54, 1.807) is 13.3 Å². The first kappa shape index (κ1) is 28.3. The summed E-state index contributed by atoms with van der Waals surface area (Å²) < 4.78 is 7.93. The first-order valence-electron chi connectivity index (χ1n) is 13.6. The van der Waals surface area contributed by atoms with Crippen molar-refractivity contribution in [2.45, 2.75) is 53.6 Å². The number of nitrogens with zero attached hydrogens (tertiary/aromatic N) is 4. The highest BCUT2D eigenvalue weighted by Gasteiger charge is 2.42. The summed E-state index contributed by atoms with van der Waals surface area (Å²) in [7, 11) is 1.60. The molecule has 0 radical (unpaired) electrons. The van der Waals surface area contributed by atoms with Crippen LogP contribution in [0.2, 0.25) is 0 Å². The Morgan fingerprint density at radius 1 is 1.02 bits per heavy atom. The van der Waals surface area contributed by atoms with Crippen molar-refractivity contribution in [3.63, 3.8) is 0 Å². The zero-order chi connectivity index (χ0) is 29.5. The number of amides is 1. The Morgan fingerprint density at radius 2 is 1.78 bits per heavy atom. The van der Waals surface area contributed by atoms with E-state index in [2.05, 4.69) is 53.0 Å². The van der Waals surface area contributed by atoms with Gasteiger partial charge in [0.25, 0.3) is 0 Å². The number of thiocarbonyl (C=S) groups is 1. The average molecular weight is 569 g/mol. The van der Waals surface area contributed by atoms with E-state index >= 15 is 0 Å². The molecule has 8 nitrogen and oxygen atoms in total. The third-order valence-electron chi connectivity index (χ3n) is 7.47. The van der Waals surface area contributed by atoms with Gasteiger partial charge in [-0.3, -0.25) is 9.78 Å². The number of hydrogen-bond donors (Lipinski definition) is 2. The van der Waals surface area contributed by atoms with E-state index in [1.165, 1.54) is 0 Å². The minimum absolute atomic E-state index is 0.0905. The van der Waals surface area contributed by atoms with Crippen LogP contribution >= 0.6 is 12.2 Å². The molecule has 1 saturated heterocycles. The molecule has 1 aliphatic heterocycles. The molecule has 0 saturated carbocycles. The number of anilines is 2. The van der Waals surface area contributed by atoms with Crippen LogP contribution in [0.5, 0.6) is 5.75 Å². The summed E-state index contributed by atoms with van der Waals surface area (Å²) in [6.07, 6.45) is 3.62. The Morgan fingerprint density at radius 3 is 2.44 bits per heavy atom. The van der Waals surface area contributed by atoms with Crippen LogP contribution in [-0.2, 0) is 4.79 Å². The van der Waals surface area contributed by atoms with E-state index in [-0.39, 0.29) is 18.0 Å². The molecule has 1 aliphatic rings. The number of nitrogens with one attached hydrogen (secondary N) is 2. The standard InChI is InChI=1S/C32H36N6O2S/c1-19-11-10-16-34-29(19)37-20(2)17-23(21(37)3)28-27(25-12-8-9-15-33-25)36-31(41)38(28)22-13-14-24(26(18-22)40-7)35-30(39)32(4,5)6/h8-18,27-28H,1-7H3,(H,35,39)(H,36,41)/t27-,28-/m1/s1. The first-order chi connectivity index (χ1) is 19.5. The van der Waals surface area contributed by atoms with Gasteiger partial charge in [-0.05, 0) is 80.5 Å². The van der Waals surface area contributed by atoms with Crippen molar-refractivity contribution in [2.75, 3.05) is 17.3 Å². The molecule has 0 bridgehead atoms. The molecular weight excluding hydrogens is 532 g/mol. The molecule has 1 amide bonds. The van der Waals surface area contributed by atoms with Gasteiger partial charge in [-0.25, -0.2) is 4.98 Å². The lowest BCUT2D eigenvalue weighted by Crippen LogP contribution is -2.30. The number of carbonyl (C=O) groups is 1. The number of pyridine rings is 2. The van der Waals surface area contributed by atoms with E-state index in [4.69, 9.17) is 26.9 Å². The maximum absolute atomic E-state index is 12.7. The Kier molecular flexibility index (Phi) is 7.57. The Hall–Kier alpha value is -4.24. The normalized spacial score (nSPS) is 17.0. The van der Waals surface area contributed by atoms with E-state index in [0.29, 0.717) is 16.5 Å². The summed E-state index contributed by atoms with van der Waals surface area (Å²) in [6.45, 7) is 11.9. The van der Waals surface area contributed by atoms with Crippen LogP contribution in [-0.4, -0.2) is 32.7 Å². The molecule has 0 aliphatic carbocycles. The second-order valence-electron chi connectivity index (χ2n) is 11.4. The number of carbonyl (C=O) groups excluding carboxylic acids is 1. The summed E-state index contributed by atoms with van der Waals surface area (Å²) in [5, 5.41) is 7.12. The molecule has 3 aromatic heterocycles. The Balaban J connectivity index is 1.64. The lowest BCUT2D eigenvalue weighted by molar-refractivity contribution is -0.123. The summed E-state index contributed by atoms with van der Waals surface area (Å²) in [5.74, 6) is 1.37. The van der Waals surface area contributed by atoms with Crippen molar-refractivity contribution in [1.82, 2.24) is 19.9 Å². The van der Waals surface area contributed by atoms with Crippen molar-refractivity contribution in [3.05, 3.63) is 95.2 Å². The topological polar surface area (TPSA) is 84.3 Å². The Bertz CT molecular complexity index is 1610. The van der Waals surface area contributed by atoms with E-state index in [1.807, 2.05) is 69.4 Å². The van der Waals surface area contributed by atoms with Gasteiger partial charge in [-0.1, -0.05) is 32.9 Å². The van der Waals surface area contributed by atoms with Gasteiger partial charge in [0, 0.05) is 41.0 Å². The quantitative estimate of drug-likeness (QED) is 0.262. The average Bonchev–Trinajstić information content (AvgIpc) is 3.44. The predicted molar refractivity (Wildman–Crippen MR) is 167 cm³/mol. The zero-order valence-electron chi connectivity index (χ0n) is 24.5. The molecule has 4 aromatic rings. The third-order valence-corrected chi connectivity index (χ3v) is 7.79. The number of rotatable bonds is 6. The highest BCUT2D eigenvalue weighted by molar-refractivity contribution is 7.80. The van der Waals surface area contributed by atoms with E-state index < -0.39 is 5.41 Å². The lowest BCUT2D eigenvalue weighted by atomic mass is 9.95. The maximum Gasteiger partial charge on any atom is 0.229 e. The summed E-state index contributed by atoms with van der Waals surface area (Å²) in [5.41, 5.74) is 6.16. The van der Waals surface area contributed by atoms with Gasteiger partial charge in [-0.15, -0.1) is 0 Å². The third kappa shape index (κ3) is 5.29. The van der Waals surface area contributed by atoms with Gasteiger partial charge in [0.2, 0.25) is 5.91 Å². The maximum atomic E-state index is 12.7. The highest BCUT2D eigenvalue weighted by atomic mass is 32.1. The molecular formula is C32H36N6O2S. The van der Waals surface area contributed by atoms with Crippen LogP contribution in [0.25, 0.3) is 5.82 Å². The van der Waals surface area contributed by atoms with Crippen LogP contribution in [0, 0.1) is 26.2 Å². The van der Waals surface area contributed by atoms with Gasteiger partial charge in [0.05, 0.1) is 30.6 Å². The summed E-state index contributed by atoms with van der Waals surface area (Å²) in [6, 6.07) is 17.5. The number of methoxy groups -OCH3 is 1. The van der Waals surface area contributed by atoms with Crippen molar-refractivity contribution >= 4 is 34.6 Å². The molecule has 1 fully saturated rings. The fourth-order valence-corrected chi connectivity index (χ4v) is 5.66. The number of aromatic nitrogens is 3. The van der Waals surface area contributed by atoms with E-state index in [9.17, 15) is 4.79 Å². The van der Waals surface area contributed by atoms with Crippen LogP contribution in [0.15, 0.2) is 67.0 Å². The molecule has 9 heteroatoms. The molecule has 41 heavy (non-hydrogen) atoms. The minimum Gasteiger partial charge on any atom is -0.494 e. The largest absolute Gasteiger partial charge is 0.494 e. The van der Waals surface area contributed by atoms with Crippen LogP contribution in [0.1, 0.15) is 61.1 Å². The second kappa shape index (κ2) is 11.0. The fourth-order valence-electron chi connectivity index (χ4n) is 5.32. The van der Waals surface area contributed by atoms with Gasteiger partial charge in [-0.2, -0.15) is 0 Å². The van der Waals surface area contributed by atoms with Crippen molar-refractivity contribution < 1.29 is 9.53 Å². The van der Waals surface area contributed by atoms with E-state index in [0.717, 1.165) is 39.7 Å². The summed E-state index contributed by atoms with van der Waals surface area (Å²) in [4.78, 5) is 24.2. The number of hydrogen-bond acceptors (Lipinski definition) is 5. The molecule has 5 rings (SSSR count). The van der Waals surface area contributed by atoms with Crippen molar-refractivity contribution in [1.29, 1.82) is 0 Å². The molecule has 212 valence electrons. The predicted octanol–water partition coefficient (Wildman–Crippen LogP) is 6.36. The number of aryl methyl sites for hydroxylation is 2. The SMILES string of the molecule is COc1cc(N2C(=S)N[C@H](c3ccccn3)[C@H]2c2cc(C)n(-c3ncccc3C)c2C)ccc1NC(=O)C(C)(C)C. The van der Waals surface area contributed by atoms with Gasteiger partial charge < -0.3 is 24.8 Å². The van der Waals surface area contributed by atoms with Crippen molar-refractivity contribution in [2.24, 2.45) is 5.41 Å². The molecule has 4 heterocycles. The van der Waals surface area contributed by atoms with Crippen LogP contribution in [0.3, 0.4) is 0 Å². The highest BCUT2D eigenvalue weighted by Crippen LogP contribution is 2.45. The molecule has 2 atom stereocenters. The molecule has 0 spiro atoms. The molecule has 1 aromatic carbocycles. The van der Waals surface area contributed by atoms with Crippen LogP contribution in [0.4, 0.5) is 11.4 Å². The fraction of sp³-hybridized carbons (Fsp3) is 0.312.